The zero-order valence-corrected chi connectivity index (χ0v) is 17.0. The van der Waals surface area contributed by atoms with Crippen LogP contribution in [0, 0.1) is 6.92 Å². The van der Waals surface area contributed by atoms with Crippen molar-refractivity contribution in [1.82, 2.24) is 20.0 Å². The smallest absolute Gasteiger partial charge is 0.418 e. The number of hydrogen-bond donors (Lipinski definition) is 1. The average molecular weight is 447 g/mol. The fourth-order valence-electron chi connectivity index (χ4n) is 2.95. The minimum absolute atomic E-state index is 0.0103. The number of para-hydroxylation sites is 1. The summed E-state index contributed by atoms with van der Waals surface area (Å²) in [6.45, 7) is 1.63. The molecular formula is C20H16F3N5O2S. The summed E-state index contributed by atoms with van der Waals surface area (Å²) in [4.78, 5) is 12.4. The summed E-state index contributed by atoms with van der Waals surface area (Å²) in [5, 5.41) is 18.4. The highest BCUT2D eigenvalue weighted by atomic mass is 32.1. The lowest BCUT2D eigenvalue weighted by atomic mass is 10.1. The van der Waals surface area contributed by atoms with E-state index in [1.54, 1.807) is 6.92 Å². The van der Waals surface area contributed by atoms with Gasteiger partial charge in [0.25, 0.3) is 0 Å². The van der Waals surface area contributed by atoms with Gasteiger partial charge in [-0.05, 0) is 30.5 Å². The maximum atomic E-state index is 13.4. The van der Waals surface area contributed by atoms with Gasteiger partial charge in [0.1, 0.15) is 5.82 Å². The minimum atomic E-state index is -4.56. The molecule has 160 valence electrons. The molecule has 4 rings (SSSR count). The molecule has 0 bridgehead atoms. The highest BCUT2D eigenvalue weighted by Crippen LogP contribution is 2.34. The van der Waals surface area contributed by atoms with Crippen molar-refractivity contribution in [2.45, 2.75) is 25.9 Å². The molecule has 0 spiro atoms. The summed E-state index contributed by atoms with van der Waals surface area (Å²) in [6.07, 6.45) is -4.36. The molecule has 1 aromatic carbocycles. The molecule has 0 aliphatic rings. The van der Waals surface area contributed by atoms with Gasteiger partial charge in [-0.3, -0.25) is 4.79 Å². The summed E-state index contributed by atoms with van der Waals surface area (Å²) < 4.78 is 46.8. The van der Waals surface area contributed by atoms with Crippen LogP contribution in [0.15, 0.2) is 51.6 Å². The lowest BCUT2D eigenvalue weighted by molar-refractivity contribution is -0.137. The number of aromatic nitrogens is 4. The SMILES string of the molecule is Cc1cc(NC(=O)CCc2nnc(-c3ccsc3)o2)n(-c2ccccc2C(F)(F)F)n1. The first kappa shape index (κ1) is 20.8. The van der Waals surface area contributed by atoms with Crippen molar-refractivity contribution < 1.29 is 22.4 Å². The number of halogens is 3. The largest absolute Gasteiger partial charge is 0.421 e. The predicted molar refractivity (Wildman–Crippen MR) is 108 cm³/mol. The number of rotatable bonds is 6. The number of carbonyl (C=O) groups is 1. The Morgan fingerprint density at radius 3 is 2.77 bits per heavy atom. The van der Waals surface area contributed by atoms with Crippen LogP contribution in [0.3, 0.4) is 0 Å². The Balaban J connectivity index is 1.48. The minimum Gasteiger partial charge on any atom is -0.421 e. The van der Waals surface area contributed by atoms with Crippen molar-refractivity contribution in [2.24, 2.45) is 0 Å². The molecular weight excluding hydrogens is 431 g/mol. The Kier molecular flexibility index (Phi) is 5.59. The van der Waals surface area contributed by atoms with Crippen LogP contribution in [0.1, 0.15) is 23.6 Å². The van der Waals surface area contributed by atoms with E-state index in [1.165, 1.54) is 35.6 Å². The molecule has 1 N–H and O–H groups in total. The lowest BCUT2D eigenvalue weighted by Crippen LogP contribution is -2.17. The van der Waals surface area contributed by atoms with Crippen molar-refractivity contribution in [3.05, 3.63) is 64.3 Å². The van der Waals surface area contributed by atoms with E-state index in [-0.39, 0.29) is 24.3 Å². The van der Waals surface area contributed by atoms with Crippen molar-refractivity contribution in [1.29, 1.82) is 0 Å². The predicted octanol–water partition coefficient (Wildman–Crippen LogP) is 4.88. The molecule has 0 fully saturated rings. The Hall–Kier alpha value is -3.47. The van der Waals surface area contributed by atoms with Crippen molar-refractivity contribution in [3.8, 4) is 17.1 Å². The zero-order chi connectivity index (χ0) is 22.0. The van der Waals surface area contributed by atoms with Crippen LogP contribution in [-0.4, -0.2) is 25.9 Å². The maximum absolute atomic E-state index is 13.4. The van der Waals surface area contributed by atoms with Crippen LogP contribution in [0.4, 0.5) is 19.0 Å². The third-order valence-electron chi connectivity index (χ3n) is 4.34. The maximum Gasteiger partial charge on any atom is 0.418 e. The van der Waals surface area contributed by atoms with Crippen molar-refractivity contribution in [3.63, 3.8) is 0 Å². The summed E-state index contributed by atoms with van der Waals surface area (Å²) in [6, 6.07) is 8.40. The van der Waals surface area contributed by atoms with E-state index in [9.17, 15) is 18.0 Å². The second-order valence-electron chi connectivity index (χ2n) is 6.66. The second-order valence-corrected chi connectivity index (χ2v) is 7.44. The van der Waals surface area contributed by atoms with Gasteiger partial charge in [-0.25, -0.2) is 4.68 Å². The third-order valence-corrected chi connectivity index (χ3v) is 5.02. The molecule has 4 aromatic rings. The van der Waals surface area contributed by atoms with Crippen LogP contribution in [0.5, 0.6) is 0 Å². The first-order valence-electron chi connectivity index (χ1n) is 9.19. The monoisotopic (exact) mass is 447 g/mol. The average Bonchev–Trinajstić information content (AvgIpc) is 3.46. The molecule has 0 saturated carbocycles. The topological polar surface area (TPSA) is 85.8 Å². The van der Waals surface area contributed by atoms with Gasteiger partial charge in [0.2, 0.25) is 17.7 Å². The number of alkyl halides is 3. The number of benzene rings is 1. The summed E-state index contributed by atoms with van der Waals surface area (Å²) in [5.74, 6) is 0.391. The van der Waals surface area contributed by atoms with Crippen LogP contribution in [0.25, 0.3) is 17.1 Å². The van der Waals surface area contributed by atoms with Gasteiger partial charge in [0.15, 0.2) is 0 Å². The Morgan fingerprint density at radius 2 is 2.03 bits per heavy atom. The van der Waals surface area contributed by atoms with Crippen LogP contribution >= 0.6 is 11.3 Å². The normalized spacial score (nSPS) is 11.6. The molecule has 7 nitrogen and oxygen atoms in total. The van der Waals surface area contributed by atoms with E-state index >= 15 is 0 Å². The first-order chi connectivity index (χ1) is 14.8. The van der Waals surface area contributed by atoms with E-state index in [0.717, 1.165) is 16.3 Å². The fraction of sp³-hybridized carbons (Fsp3) is 0.200. The number of hydrogen-bond acceptors (Lipinski definition) is 6. The molecule has 0 aliphatic heterocycles. The summed E-state index contributed by atoms with van der Waals surface area (Å²) in [7, 11) is 0. The number of thiophene rings is 1. The van der Waals surface area contributed by atoms with Crippen LogP contribution in [0.2, 0.25) is 0 Å². The Morgan fingerprint density at radius 1 is 1.23 bits per heavy atom. The zero-order valence-electron chi connectivity index (χ0n) is 16.2. The molecule has 0 atom stereocenters. The van der Waals surface area contributed by atoms with Crippen LogP contribution in [-0.2, 0) is 17.4 Å². The summed E-state index contributed by atoms with van der Waals surface area (Å²) >= 11 is 1.50. The van der Waals surface area contributed by atoms with Gasteiger partial charge < -0.3 is 9.73 Å². The number of carbonyl (C=O) groups excluding carboxylic acids is 1. The highest BCUT2D eigenvalue weighted by Gasteiger charge is 2.34. The third kappa shape index (κ3) is 4.66. The van der Waals surface area contributed by atoms with Crippen molar-refractivity contribution in [2.75, 3.05) is 5.32 Å². The van der Waals surface area contributed by atoms with Gasteiger partial charge in [-0.2, -0.15) is 29.6 Å². The van der Waals surface area contributed by atoms with E-state index in [4.69, 9.17) is 4.42 Å². The van der Waals surface area contributed by atoms with Gasteiger partial charge in [-0.1, -0.05) is 12.1 Å². The second kappa shape index (κ2) is 8.34. The van der Waals surface area contributed by atoms with E-state index in [2.05, 4.69) is 20.6 Å². The van der Waals surface area contributed by atoms with Gasteiger partial charge in [0, 0.05) is 29.9 Å². The molecule has 1 amide bonds. The van der Waals surface area contributed by atoms with E-state index < -0.39 is 17.6 Å². The standard InChI is InChI=1S/C20H16F3N5O2S/c1-12-10-16(28(27-12)15-5-3-2-4-14(15)20(21,22)23)24-17(29)6-7-18-25-26-19(30-18)13-8-9-31-11-13/h2-5,8-11H,6-7H2,1H3,(H,24,29). The molecule has 0 unspecified atom stereocenters. The van der Waals surface area contributed by atoms with Crippen molar-refractivity contribution >= 4 is 23.1 Å². The number of nitrogens with zero attached hydrogens (tertiary/aromatic N) is 4. The molecule has 0 radical (unpaired) electrons. The van der Waals surface area contributed by atoms with E-state index in [0.29, 0.717) is 17.5 Å². The highest BCUT2D eigenvalue weighted by molar-refractivity contribution is 7.08. The molecule has 0 saturated heterocycles. The Bertz CT molecular complexity index is 1200. The lowest BCUT2D eigenvalue weighted by Gasteiger charge is -2.15. The fourth-order valence-corrected chi connectivity index (χ4v) is 3.58. The van der Waals surface area contributed by atoms with Gasteiger partial charge in [-0.15, -0.1) is 10.2 Å². The quantitative estimate of drug-likeness (QED) is 0.455. The Labute approximate surface area is 178 Å². The molecule has 3 heterocycles. The first-order valence-corrected chi connectivity index (χ1v) is 10.1. The van der Waals surface area contributed by atoms with E-state index in [1.807, 2.05) is 16.8 Å². The summed E-state index contributed by atoms with van der Waals surface area (Å²) in [5.41, 5.74) is 0.247. The number of amides is 1. The molecule has 11 heteroatoms. The molecule has 31 heavy (non-hydrogen) atoms. The number of anilines is 1. The van der Waals surface area contributed by atoms with Gasteiger partial charge >= 0.3 is 6.18 Å². The molecule has 0 aliphatic carbocycles. The number of aryl methyl sites for hydroxylation is 2. The molecule has 3 aromatic heterocycles. The number of nitrogens with one attached hydrogen (secondary N) is 1. The van der Waals surface area contributed by atoms with Crippen LogP contribution < -0.4 is 5.32 Å². The van der Waals surface area contributed by atoms with Gasteiger partial charge in [0.05, 0.1) is 16.9 Å².